The first-order chi connectivity index (χ1) is 15.5. The van der Waals surface area contributed by atoms with Crippen molar-refractivity contribution < 1.29 is 23.8 Å². The number of anilines is 2. The van der Waals surface area contributed by atoms with Crippen molar-refractivity contribution in [3.63, 3.8) is 0 Å². The van der Waals surface area contributed by atoms with Crippen LogP contribution in [-0.2, 0) is 14.2 Å². The summed E-state index contributed by atoms with van der Waals surface area (Å²) in [5, 5.41) is 2.76. The third-order valence-corrected chi connectivity index (χ3v) is 6.39. The van der Waals surface area contributed by atoms with Gasteiger partial charge in [0.2, 0.25) is 0 Å². The Balaban J connectivity index is 1.34. The Morgan fingerprint density at radius 3 is 2.62 bits per heavy atom. The van der Waals surface area contributed by atoms with Crippen LogP contribution in [0.25, 0.3) is 0 Å². The number of ether oxygens (including phenoxy) is 1. The van der Waals surface area contributed by atoms with Crippen LogP contribution in [0.4, 0.5) is 16.2 Å². The third kappa shape index (κ3) is 4.73. The zero-order chi connectivity index (χ0) is 22.7. The maximum atomic E-state index is 12.5. The highest BCUT2D eigenvalue weighted by molar-refractivity contribution is 7.18. The van der Waals surface area contributed by atoms with E-state index < -0.39 is 18.2 Å². The normalized spacial score (nSPS) is 20.8. The van der Waals surface area contributed by atoms with Crippen molar-refractivity contribution in [2.24, 2.45) is 4.99 Å². The van der Waals surface area contributed by atoms with Gasteiger partial charge in [-0.3, -0.25) is 14.5 Å². The maximum Gasteiger partial charge on any atom is 0.414 e. The highest BCUT2D eigenvalue weighted by Crippen LogP contribution is 2.28. The molecule has 166 valence electrons. The molecular formula is C20H20BClN4O5S. The van der Waals surface area contributed by atoms with Crippen LogP contribution in [0, 0.1) is 0 Å². The Bertz CT molecular complexity index is 1050. The molecule has 3 heterocycles. The number of nitrogens with zero attached hydrogens (tertiary/aromatic N) is 3. The number of carbonyl (C=O) groups is 3. The van der Waals surface area contributed by atoms with Crippen LogP contribution < -0.4 is 15.1 Å². The molecule has 0 unspecified atom stereocenters. The Labute approximate surface area is 194 Å². The summed E-state index contributed by atoms with van der Waals surface area (Å²) in [6.07, 6.45) is 0.940. The predicted molar refractivity (Wildman–Crippen MR) is 125 cm³/mol. The minimum absolute atomic E-state index is 0.0885. The van der Waals surface area contributed by atoms with Crippen molar-refractivity contribution in [3.05, 3.63) is 45.6 Å². The van der Waals surface area contributed by atoms with E-state index in [4.69, 9.17) is 21.0 Å². The van der Waals surface area contributed by atoms with Crippen molar-refractivity contribution in [1.82, 2.24) is 5.32 Å². The number of cyclic esters (lactones) is 1. The van der Waals surface area contributed by atoms with E-state index in [-0.39, 0.29) is 18.4 Å². The first-order valence-corrected chi connectivity index (χ1v) is 11.1. The summed E-state index contributed by atoms with van der Waals surface area (Å²) < 4.78 is 10.7. The number of rotatable bonds is 7. The quantitative estimate of drug-likeness (QED) is 0.375. The lowest BCUT2D eigenvalue weighted by Crippen LogP contribution is -2.34. The average Bonchev–Trinajstić information content (AvgIpc) is 3.49. The summed E-state index contributed by atoms with van der Waals surface area (Å²) >= 11 is 7.04. The number of thiophene rings is 1. The molecule has 9 nitrogen and oxygen atoms in total. The lowest BCUT2D eigenvalue weighted by atomic mass is 10.2. The van der Waals surface area contributed by atoms with Crippen LogP contribution in [0.2, 0.25) is 4.34 Å². The molecule has 1 aromatic carbocycles. The summed E-state index contributed by atoms with van der Waals surface area (Å²) in [5.41, 5.74) is 1.39. The van der Waals surface area contributed by atoms with E-state index in [9.17, 15) is 14.4 Å². The standard InChI is InChI=1S/C20H20BClN4O5S/c21-30-11-24-15-7-8-25(19(15)28)12-1-3-13(4-2-12)26-10-14(31-20(26)29)9-23-18(27)16-5-6-17(22)32-16/h1-6,11,14-15H,7-10,21H2,(H,23,27)/t14-,15+/m0/s1. The number of aliphatic imine (C=N–C) groups is 1. The fourth-order valence-electron chi connectivity index (χ4n) is 3.58. The molecule has 2 aliphatic heterocycles. The molecule has 0 spiro atoms. The maximum absolute atomic E-state index is 12.5. The molecule has 0 saturated carbocycles. The molecule has 0 radical (unpaired) electrons. The Kier molecular flexibility index (Phi) is 6.66. The topological polar surface area (TPSA) is 101 Å². The molecule has 32 heavy (non-hydrogen) atoms. The first kappa shape index (κ1) is 22.2. The van der Waals surface area contributed by atoms with Gasteiger partial charge in [-0.15, -0.1) is 11.3 Å². The van der Waals surface area contributed by atoms with Gasteiger partial charge in [0, 0.05) is 17.9 Å². The zero-order valence-corrected chi connectivity index (χ0v) is 18.8. The smallest absolute Gasteiger partial charge is 0.414 e. The van der Waals surface area contributed by atoms with Gasteiger partial charge in [-0.05, 0) is 42.8 Å². The molecule has 4 rings (SSSR count). The number of halogens is 1. The van der Waals surface area contributed by atoms with Crippen LogP contribution >= 0.6 is 22.9 Å². The van der Waals surface area contributed by atoms with Gasteiger partial charge in [0.1, 0.15) is 12.1 Å². The van der Waals surface area contributed by atoms with Crippen molar-refractivity contribution >= 4 is 66.7 Å². The minimum Gasteiger partial charge on any atom is -0.560 e. The molecule has 2 fully saturated rings. The van der Waals surface area contributed by atoms with E-state index in [1.54, 1.807) is 41.3 Å². The van der Waals surface area contributed by atoms with Gasteiger partial charge in [-0.25, -0.2) is 9.79 Å². The summed E-state index contributed by atoms with van der Waals surface area (Å²) in [6.45, 7) is 1.06. The van der Waals surface area contributed by atoms with E-state index in [2.05, 4.69) is 10.3 Å². The van der Waals surface area contributed by atoms with Gasteiger partial charge in [0.25, 0.3) is 11.8 Å². The molecule has 2 saturated heterocycles. The number of nitrogens with one attached hydrogen (secondary N) is 1. The van der Waals surface area contributed by atoms with Crippen molar-refractivity contribution in [1.29, 1.82) is 0 Å². The second-order valence-electron chi connectivity index (χ2n) is 7.23. The van der Waals surface area contributed by atoms with Gasteiger partial charge in [0.15, 0.2) is 6.40 Å². The first-order valence-electron chi connectivity index (χ1n) is 9.94. The lowest BCUT2D eigenvalue weighted by molar-refractivity contribution is -0.118. The van der Waals surface area contributed by atoms with Gasteiger partial charge in [-0.2, -0.15) is 0 Å². The molecule has 0 bridgehead atoms. The Morgan fingerprint density at radius 2 is 1.97 bits per heavy atom. The molecular weight excluding hydrogens is 455 g/mol. The number of benzene rings is 1. The highest BCUT2D eigenvalue weighted by Gasteiger charge is 2.34. The van der Waals surface area contributed by atoms with Crippen LogP contribution in [-0.4, -0.2) is 64.1 Å². The lowest BCUT2D eigenvalue weighted by Gasteiger charge is -2.18. The summed E-state index contributed by atoms with van der Waals surface area (Å²) in [7, 11) is 1.49. The molecule has 1 aromatic heterocycles. The van der Waals surface area contributed by atoms with Crippen LogP contribution in [0.3, 0.4) is 0 Å². The van der Waals surface area contributed by atoms with Crippen LogP contribution in [0.15, 0.2) is 41.4 Å². The minimum atomic E-state index is -0.484. The van der Waals surface area contributed by atoms with E-state index in [0.29, 0.717) is 34.4 Å². The average molecular weight is 475 g/mol. The number of hydrogen-bond donors (Lipinski definition) is 1. The van der Waals surface area contributed by atoms with E-state index in [1.165, 1.54) is 30.7 Å². The summed E-state index contributed by atoms with van der Waals surface area (Å²) in [5.74, 6) is -0.348. The fraction of sp³-hybridized carbons (Fsp3) is 0.300. The second-order valence-corrected chi connectivity index (χ2v) is 8.95. The summed E-state index contributed by atoms with van der Waals surface area (Å²) in [4.78, 5) is 44.8. The number of amides is 3. The largest absolute Gasteiger partial charge is 0.560 e. The van der Waals surface area contributed by atoms with Gasteiger partial charge < -0.3 is 19.6 Å². The van der Waals surface area contributed by atoms with Crippen molar-refractivity contribution in [2.75, 3.05) is 29.4 Å². The Hall–Kier alpha value is -3.05. The molecule has 0 aliphatic carbocycles. The molecule has 2 aliphatic rings. The van der Waals surface area contributed by atoms with E-state index >= 15 is 0 Å². The van der Waals surface area contributed by atoms with Gasteiger partial charge >= 0.3 is 14.1 Å². The van der Waals surface area contributed by atoms with Crippen molar-refractivity contribution in [2.45, 2.75) is 18.6 Å². The molecule has 12 heteroatoms. The third-order valence-electron chi connectivity index (χ3n) is 5.16. The monoisotopic (exact) mass is 474 g/mol. The van der Waals surface area contributed by atoms with E-state index in [0.717, 1.165) is 5.69 Å². The van der Waals surface area contributed by atoms with Crippen molar-refractivity contribution in [3.8, 4) is 0 Å². The highest BCUT2D eigenvalue weighted by atomic mass is 35.5. The summed E-state index contributed by atoms with van der Waals surface area (Å²) in [6, 6.07) is 9.98. The predicted octanol–water partition coefficient (Wildman–Crippen LogP) is 1.85. The van der Waals surface area contributed by atoms with Gasteiger partial charge in [-0.1, -0.05) is 11.6 Å². The zero-order valence-electron chi connectivity index (χ0n) is 17.2. The molecule has 1 N–H and O–H groups in total. The van der Waals surface area contributed by atoms with Crippen LogP contribution in [0.1, 0.15) is 16.1 Å². The molecule has 3 amide bonds. The fourth-order valence-corrected chi connectivity index (χ4v) is 4.53. The second kappa shape index (κ2) is 9.62. The van der Waals surface area contributed by atoms with Gasteiger partial charge in [0.05, 0.1) is 22.3 Å². The number of hydrogen-bond acceptors (Lipinski definition) is 7. The SMILES string of the molecule is BOC=N[C@@H]1CCN(c2ccc(N3C[C@H](CNC(=O)c4ccc(Cl)s4)OC3=O)cc2)C1=O. The molecule has 2 aromatic rings. The van der Waals surface area contributed by atoms with E-state index in [1.807, 2.05) is 0 Å². The molecule has 2 atom stereocenters. The Morgan fingerprint density at radius 1 is 1.25 bits per heavy atom. The number of carbonyl (C=O) groups excluding carboxylic acids is 3. The van der Waals surface area contributed by atoms with Crippen LogP contribution in [0.5, 0.6) is 0 Å².